The number of hydrogen-bond donors (Lipinski definition) is 1. The Morgan fingerprint density at radius 1 is 1.38 bits per heavy atom. The van der Waals surface area contributed by atoms with Crippen molar-refractivity contribution in [1.29, 1.82) is 0 Å². The number of carbonyl (C=O) groups is 3. The monoisotopic (exact) mass is 115 g/mol. The molecule has 0 aliphatic carbocycles. The second-order valence-electron chi connectivity index (χ2n) is 1.20. The fourth-order valence-corrected chi connectivity index (χ4v) is 0.166. The average molecular weight is 115 g/mol. The Balaban J connectivity index is 3.88. The number of nitrogens with two attached hydrogens (primary N) is 1. The van der Waals surface area contributed by atoms with Crippen molar-refractivity contribution in [3.63, 3.8) is 0 Å². The molecular formula is C4H5NO3. The summed E-state index contributed by atoms with van der Waals surface area (Å²) in [6.45, 7) is 0. The molecule has 0 bridgehead atoms. The van der Waals surface area contributed by atoms with Crippen molar-refractivity contribution < 1.29 is 14.4 Å². The van der Waals surface area contributed by atoms with Gasteiger partial charge in [0.15, 0.2) is 0 Å². The highest BCUT2D eigenvalue weighted by molar-refractivity contribution is 6.03. The van der Waals surface area contributed by atoms with Crippen LogP contribution < -0.4 is 5.73 Å². The fourth-order valence-electron chi connectivity index (χ4n) is 0.166. The van der Waals surface area contributed by atoms with E-state index in [0.29, 0.717) is 0 Å². The molecule has 4 heteroatoms. The molecule has 0 aromatic rings. The number of primary amides is 1. The van der Waals surface area contributed by atoms with Crippen LogP contribution in [0.2, 0.25) is 0 Å². The lowest BCUT2D eigenvalue weighted by molar-refractivity contribution is -0.130. The molecule has 0 aliphatic heterocycles. The van der Waals surface area contributed by atoms with Gasteiger partial charge in [-0.2, -0.15) is 0 Å². The Labute approximate surface area is 45.7 Å². The van der Waals surface area contributed by atoms with E-state index >= 15 is 0 Å². The highest BCUT2D eigenvalue weighted by atomic mass is 16.2. The Morgan fingerprint density at radius 2 is 1.75 bits per heavy atom. The number of amides is 1. The van der Waals surface area contributed by atoms with Crippen LogP contribution in [-0.2, 0) is 14.4 Å². The first-order chi connectivity index (χ1) is 3.72. The van der Waals surface area contributed by atoms with Gasteiger partial charge in [0.2, 0.25) is 5.91 Å². The van der Waals surface area contributed by atoms with Crippen LogP contribution in [0.4, 0.5) is 0 Å². The maximum atomic E-state index is 9.92. The Morgan fingerprint density at radius 3 is 1.75 bits per heavy atom. The Bertz CT molecular complexity index is 112. The van der Waals surface area contributed by atoms with Gasteiger partial charge in [-0.15, -0.1) is 0 Å². The minimum absolute atomic E-state index is 0.204. The normalized spacial score (nSPS) is 8.62. The van der Waals surface area contributed by atoms with Crippen LogP contribution in [0, 0.1) is 5.92 Å². The van der Waals surface area contributed by atoms with Crippen LogP contribution in [-0.4, -0.2) is 18.5 Å². The largest absolute Gasteiger partial charge is 0.369 e. The molecular weight excluding hydrogens is 110 g/mol. The van der Waals surface area contributed by atoms with E-state index < -0.39 is 11.8 Å². The SMILES string of the molecule is NC(=O)C(C=O)C=O. The molecule has 0 heterocycles. The smallest absolute Gasteiger partial charge is 0.234 e. The summed E-state index contributed by atoms with van der Waals surface area (Å²) < 4.78 is 0. The molecule has 1 amide bonds. The zero-order chi connectivity index (χ0) is 6.57. The number of rotatable bonds is 3. The van der Waals surface area contributed by atoms with Crippen molar-refractivity contribution in [1.82, 2.24) is 0 Å². The van der Waals surface area contributed by atoms with Gasteiger partial charge in [0.25, 0.3) is 0 Å². The van der Waals surface area contributed by atoms with Crippen molar-refractivity contribution in [3.05, 3.63) is 0 Å². The number of carbonyl (C=O) groups excluding carboxylic acids is 3. The molecule has 0 atom stereocenters. The van der Waals surface area contributed by atoms with Gasteiger partial charge >= 0.3 is 0 Å². The first-order valence-corrected chi connectivity index (χ1v) is 1.92. The molecule has 0 radical (unpaired) electrons. The van der Waals surface area contributed by atoms with Gasteiger partial charge in [-0.25, -0.2) is 0 Å². The summed E-state index contributed by atoms with van der Waals surface area (Å²) in [5.74, 6) is -2.18. The van der Waals surface area contributed by atoms with E-state index in [0.717, 1.165) is 0 Å². The zero-order valence-electron chi connectivity index (χ0n) is 4.03. The minimum atomic E-state index is -1.27. The topological polar surface area (TPSA) is 77.2 Å². The third-order valence-electron chi connectivity index (χ3n) is 0.622. The van der Waals surface area contributed by atoms with Crippen molar-refractivity contribution >= 4 is 18.5 Å². The average Bonchev–Trinajstić information content (AvgIpc) is 1.69. The van der Waals surface area contributed by atoms with Crippen molar-refractivity contribution in [2.24, 2.45) is 11.7 Å². The van der Waals surface area contributed by atoms with Crippen LogP contribution in [0.3, 0.4) is 0 Å². The van der Waals surface area contributed by atoms with E-state index in [1.807, 2.05) is 0 Å². The minimum Gasteiger partial charge on any atom is -0.369 e. The van der Waals surface area contributed by atoms with E-state index in [-0.39, 0.29) is 12.6 Å². The van der Waals surface area contributed by atoms with Crippen LogP contribution >= 0.6 is 0 Å². The molecule has 0 aromatic heterocycles. The molecule has 0 unspecified atom stereocenters. The maximum Gasteiger partial charge on any atom is 0.234 e. The molecule has 0 rings (SSSR count). The van der Waals surface area contributed by atoms with E-state index in [9.17, 15) is 14.4 Å². The predicted molar refractivity (Wildman–Crippen MR) is 24.8 cm³/mol. The van der Waals surface area contributed by atoms with E-state index in [1.165, 1.54) is 0 Å². The number of hydrogen-bond acceptors (Lipinski definition) is 3. The van der Waals surface area contributed by atoms with Gasteiger partial charge in [0.1, 0.15) is 18.5 Å². The molecule has 2 N–H and O–H groups in total. The second-order valence-corrected chi connectivity index (χ2v) is 1.20. The maximum absolute atomic E-state index is 9.92. The lowest BCUT2D eigenvalue weighted by Crippen LogP contribution is -2.25. The van der Waals surface area contributed by atoms with Crippen molar-refractivity contribution in [2.75, 3.05) is 0 Å². The van der Waals surface area contributed by atoms with Gasteiger partial charge < -0.3 is 15.3 Å². The third kappa shape index (κ3) is 1.51. The lowest BCUT2D eigenvalue weighted by atomic mass is 10.2. The summed E-state index contributed by atoms with van der Waals surface area (Å²) in [6, 6.07) is 0. The van der Waals surface area contributed by atoms with Crippen LogP contribution in [0.25, 0.3) is 0 Å². The summed E-state index contributed by atoms with van der Waals surface area (Å²) in [7, 11) is 0. The molecule has 0 saturated heterocycles. The Hall–Kier alpha value is -1.19. The highest BCUT2D eigenvalue weighted by Crippen LogP contribution is 1.79. The molecule has 4 nitrogen and oxygen atoms in total. The number of aldehydes is 2. The van der Waals surface area contributed by atoms with E-state index in [2.05, 4.69) is 5.73 Å². The third-order valence-corrected chi connectivity index (χ3v) is 0.622. The standard InChI is InChI=1S/C4H5NO3/c5-4(8)3(1-6)2-7/h1-3H,(H2,5,8). The van der Waals surface area contributed by atoms with Gasteiger partial charge in [-0.1, -0.05) is 0 Å². The Kier molecular flexibility index (Phi) is 2.47. The van der Waals surface area contributed by atoms with Crippen LogP contribution in [0.5, 0.6) is 0 Å². The first kappa shape index (κ1) is 6.81. The van der Waals surface area contributed by atoms with Crippen LogP contribution in [0.1, 0.15) is 0 Å². The van der Waals surface area contributed by atoms with Gasteiger partial charge in [0, 0.05) is 0 Å². The van der Waals surface area contributed by atoms with E-state index in [4.69, 9.17) is 0 Å². The van der Waals surface area contributed by atoms with Gasteiger partial charge in [-0.3, -0.25) is 4.79 Å². The summed E-state index contributed by atoms with van der Waals surface area (Å²) in [4.78, 5) is 29.2. The van der Waals surface area contributed by atoms with Gasteiger partial charge in [0.05, 0.1) is 0 Å². The van der Waals surface area contributed by atoms with E-state index in [1.54, 1.807) is 0 Å². The van der Waals surface area contributed by atoms with Crippen molar-refractivity contribution in [3.8, 4) is 0 Å². The van der Waals surface area contributed by atoms with Gasteiger partial charge in [-0.05, 0) is 0 Å². The predicted octanol–water partition coefficient (Wildman–Crippen LogP) is -1.51. The first-order valence-electron chi connectivity index (χ1n) is 1.92. The molecule has 8 heavy (non-hydrogen) atoms. The summed E-state index contributed by atoms with van der Waals surface area (Å²) in [5, 5.41) is 0. The molecule has 0 aromatic carbocycles. The molecule has 44 valence electrons. The zero-order valence-corrected chi connectivity index (χ0v) is 4.03. The summed E-state index contributed by atoms with van der Waals surface area (Å²) in [5.41, 5.74) is 4.56. The van der Waals surface area contributed by atoms with Crippen LogP contribution in [0.15, 0.2) is 0 Å². The highest BCUT2D eigenvalue weighted by Gasteiger charge is 2.10. The quantitative estimate of drug-likeness (QED) is 0.358. The molecule has 0 fully saturated rings. The fraction of sp³-hybridized carbons (Fsp3) is 0.250. The summed E-state index contributed by atoms with van der Waals surface area (Å²) in [6.07, 6.45) is 0.407. The molecule has 0 spiro atoms. The van der Waals surface area contributed by atoms with Crippen molar-refractivity contribution in [2.45, 2.75) is 0 Å². The molecule has 0 saturated carbocycles. The summed E-state index contributed by atoms with van der Waals surface area (Å²) >= 11 is 0. The second kappa shape index (κ2) is 2.90. The molecule has 0 aliphatic rings. The lowest BCUT2D eigenvalue weighted by Gasteiger charge is -1.89.